The van der Waals surface area contributed by atoms with E-state index in [-0.39, 0.29) is 11.7 Å². The number of benzene rings is 2. The molecular formula is C25H30N2O3. The van der Waals surface area contributed by atoms with Crippen LogP contribution in [0.25, 0.3) is 0 Å². The molecule has 1 atom stereocenters. The van der Waals surface area contributed by atoms with Gasteiger partial charge in [-0.2, -0.15) is 0 Å². The maximum Gasteiger partial charge on any atom is 0.255 e. The van der Waals surface area contributed by atoms with Crippen LogP contribution >= 0.6 is 0 Å². The number of hydrogen-bond donors (Lipinski definition) is 1. The summed E-state index contributed by atoms with van der Waals surface area (Å²) in [5.74, 6) is 0.213. The van der Waals surface area contributed by atoms with Crippen LogP contribution in [-0.4, -0.2) is 36.3 Å². The molecule has 4 rings (SSSR count). The van der Waals surface area contributed by atoms with Crippen molar-refractivity contribution in [3.8, 4) is 5.75 Å². The molecule has 1 amide bonds. The van der Waals surface area contributed by atoms with Crippen LogP contribution in [0.15, 0.2) is 36.4 Å². The lowest BCUT2D eigenvalue weighted by atomic mass is 9.86. The minimum Gasteiger partial charge on any atom is -0.493 e. The topological polar surface area (TPSA) is 58.6 Å². The lowest BCUT2D eigenvalue weighted by Crippen LogP contribution is -2.38. The molecule has 30 heavy (non-hydrogen) atoms. The summed E-state index contributed by atoms with van der Waals surface area (Å²) in [7, 11) is 0. The van der Waals surface area contributed by atoms with Crippen LogP contribution in [0, 0.1) is 0 Å². The number of ether oxygens (including phenoxy) is 1. The highest BCUT2D eigenvalue weighted by atomic mass is 16.5. The molecule has 0 bridgehead atoms. The highest BCUT2D eigenvalue weighted by Gasteiger charge is 2.29. The number of piperidine rings is 1. The minimum absolute atomic E-state index is 0.109. The van der Waals surface area contributed by atoms with E-state index in [0.29, 0.717) is 29.5 Å². The van der Waals surface area contributed by atoms with Crippen LogP contribution in [-0.2, 0) is 6.42 Å². The van der Waals surface area contributed by atoms with Crippen LogP contribution in [0.3, 0.4) is 0 Å². The third-order valence-electron chi connectivity index (χ3n) is 6.13. The lowest BCUT2D eigenvalue weighted by molar-refractivity contribution is 0.101. The van der Waals surface area contributed by atoms with Crippen molar-refractivity contribution in [2.45, 2.75) is 52.0 Å². The van der Waals surface area contributed by atoms with Crippen LogP contribution in [0.1, 0.15) is 77.4 Å². The monoisotopic (exact) mass is 406 g/mol. The van der Waals surface area contributed by atoms with E-state index in [1.807, 2.05) is 13.0 Å². The summed E-state index contributed by atoms with van der Waals surface area (Å²) in [4.78, 5) is 27.5. The van der Waals surface area contributed by atoms with Crippen molar-refractivity contribution < 1.29 is 14.3 Å². The summed E-state index contributed by atoms with van der Waals surface area (Å²) >= 11 is 0. The highest BCUT2D eigenvalue weighted by molar-refractivity contribution is 6.07. The number of carbonyl (C=O) groups excluding carboxylic acids is 2. The Balaban J connectivity index is 1.54. The van der Waals surface area contributed by atoms with Crippen molar-refractivity contribution in [1.29, 1.82) is 0 Å². The zero-order chi connectivity index (χ0) is 21.1. The van der Waals surface area contributed by atoms with E-state index in [0.717, 1.165) is 25.1 Å². The Morgan fingerprint density at radius 3 is 2.80 bits per heavy atom. The average molecular weight is 407 g/mol. The summed E-state index contributed by atoms with van der Waals surface area (Å²) in [5.41, 5.74) is 4.46. The van der Waals surface area contributed by atoms with Gasteiger partial charge in [0.25, 0.3) is 5.91 Å². The first-order chi connectivity index (χ1) is 14.6. The standard InChI is InChI=1S/C25H30N2O3/c1-3-14-30-24-10-8-19(15-21(24)17(2)28)25(29)26-20-9-7-18-11-13-27-12-5-4-6-23(27)22(18)16-20/h7-10,15-16,23H,3-6,11-14H2,1-2H3,(H,26,29). The first-order valence-electron chi connectivity index (χ1n) is 11.0. The van der Waals surface area contributed by atoms with Gasteiger partial charge in [0.2, 0.25) is 0 Å². The molecule has 0 aromatic heterocycles. The zero-order valence-electron chi connectivity index (χ0n) is 17.9. The van der Waals surface area contributed by atoms with Gasteiger partial charge in [-0.15, -0.1) is 0 Å². The molecule has 2 aliphatic heterocycles. The second-order valence-electron chi connectivity index (χ2n) is 8.28. The molecule has 2 aromatic carbocycles. The number of amides is 1. The number of carbonyl (C=O) groups is 2. The smallest absolute Gasteiger partial charge is 0.255 e. The average Bonchev–Trinajstić information content (AvgIpc) is 2.77. The number of ketones is 1. The third-order valence-corrected chi connectivity index (χ3v) is 6.13. The molecule has 5 heteroatoms. The van der Waals surface area contributed by atoms with Crippen LogP contribution < -0.4 is 10.1 Å². The predicted octanol–water partition coefficient (Wildman–Crippen LogP) is 5.01. The van der Waals surface area contributed by atoms with Crippen molar-refractivity contribution in [3.63, 3.8) is 0 Å². The van der Waals surface area contributed by atoms with E-state index in [1.165, 1.54) is 43.9 Å². The van der Waals surface area contributed by atoms with Crippen molar-refractivity contribution in [3.05, 3.63) is 58.7 Å². The largest absolute Gasteiger partial charge is 0.493 e. The number of anilines is 1. The minimum atomic E-state index is -0.212. The molecule has 158 valence electrons. The van der Waals surface area contributed by atoms with Gasteiger partial charge < -0.3 is 10.1 Å². The molecule has 2 aliphatic rings. The number of fused-ring (bicyclic) bond motifs is 3. The van der Waals surface area contributed by atoms with Gasteiger partial charge in [0, 0.05) is 23.8 Å². The molecule has 5 nitrogen and oxygen atoms in total. The molecule has 1 saturated heterocycles. The van der Waals surface area contributed by atoms with E-state index in [4.69, 9.17) is 4.74 Å². The van der Waals surface area contributed by atoms with Gasteiger partial charge in [-0.1, -0.05) is 19.4 Å². The summed E-state index contributed by atoms with van der Waals surface area (Å²) < 4.78 is 5.66. The SMILES string of the molecule is CCCOc1ccc(C(=O)Nc2ccc3c(c2)C2CCCCN2CC3)cc1C(C)=O. The zero-order valence-corrected chi connectivity index (χ0v) is 17.9. The highest BCUT2D eigenvalue weighted by Crippen LogP contribution is 2.37. The fraction of sp³-hybridized carbons (Fsp3) is 0.440. The normalized spacial score (nSPS) is 18.3. The van der Waals surface area contributed by atoms with Gasteiger partial charge in [-0.25, -0.2) is 0 Å². The molecule has 1 N–H and O–H groups in total. The number of hydrogen-bond acceptors (Lipinski definition) is 4. The molecule has 0 radical (unpaired) electrons. The summed E-state index contributed by atoms with van der Waals surface area (Å²) in [6, 6.07) is 11.8. The maximum atomic E-state index is 12.9. The van der Waals surface area contributed by atoms with Crippen LogP contribution in [0.2, 0.25) is 0 Å². The maximum absolute atomic E-state index is 12.9. The van der Waals surface area contributed by atoms with Gasteiger partial charge in [-0.05, 0) is 80.6 Å². The second-order valence-corrected chi connectivity index (χ2v) is 8.28. The van der Waals surface area contributed by atoms with Crippen molar-refractivity contribution >= 4 is 17.4 Å². The molecule has 1 fully saturated rings. The third kappa shape index (κ3) is 4.26. The van der Waals surface area contributed by atoms with Gasteiger partial charge >= 0.3 is 0 Å². The second kappa shape index (κ2) is 9.00. The van der Waals surface area contributed by atoms with E-state index < -0.39 is 0 Å². The molecule has 1 unspecified atom stereocenters. The van der Waals surface area contributed by atoms with Crippen LogP contribution in [0.4, 0.5) is 5.69 Å². The fourth-order valence-corrected chi connectivity index (χ4v) is 4.57. The van der Waals surface area contributed by atoms with E-state index in [2.05, 4.69) is 22.3 Å². The van der Waals surface area contributed by atoms with Gasteiger partial charge in [0.1, 0.15) is 5.75 Å². The number of rotatable bonds is 6. The van der Waals surface area contributed by atoms with Crippen molar-refractivity contribution in [2.24, 2.45) is 0 Å². The van der Waals surface area contributed by atoms with E-state index >= 15 is 0 Å². The summed E-state index contributed by atoms with van der Waals surface area (Å²) in [6.45, 7) is 6.35. The van der Waals surface area contributed by atoms with Crippen LogP contribution in [0.5, 0.6) is 5.75 Å². The van der Waals surface area contributed by atoms with Gasteiger partial charge in [-0.3, -0.25) is 14.5 Å². The quantitative estimate of drug-likeness (QED) is 0.685. The summed E-state index contributed by atoms with van der Waals surface area (Å²) in [6.07, 6.45) is 5.65. The first-order valence-corrected chi connectivity index (χ1v) is 11.0. The number of nitrogens with zero attached hydrogens (tertiary/aromatic N) is 1. The van der Waals surface area contributed by atoms with Gasteiger partial charge in [0.05, 0.1) is 12.2 Å². The lowest BCUT2D eigenvalue weighted by Gasteiger charge is -2.40. The number of nitrogens with one attached hydrogen (secondary N) is 1. The Morgan fingerprint density at radius 2 is 2.00 bits per heavy atom. The Morgan fingerprint density at radius 1 is 1.13 bits per heavy atom. The van der Waals surface area contributed by atoms with E-state index in [9.17, 15) is 9.59 Å². The number of Topliss-reactive ketones (excluding diaryl/α,β-unsaturated/α-hetero) is 1. The molecule has 2 aromatic rings. The predicted molar refractivity (Wildman–Crippen MR) is 118 cm³/mol. The Bertz CT molecular complexity index is 953. The molecule has 0 saturated carbocycles. The molecule has 0 aliphatic carbocycles. The van der Waals surface area contributed by atoms with E-state index in [1.54, 1.807) is 18.2 Å². The Labute approximate surface area is 178 Å². The fourth-order valence-electron chi connectivity index (χ4n) is 4.57. The Kier molecular flexibility index (Phi) is 6.18. The first kappa shape index (κ1) is 20.6. The van der Waals surface area contributed by atoms with Gasteiger partial charge in [0.15, 0.2) is 5.78 Å². The van der Waals surface area contributed by atoms with Crippen molar-refractivity contribution in [1.82, 2.24) is 4.90 Å². The van der Waals surface area contributed by atoms with Crippen molar-refractivity contribution in [2.75, 3.05) is 25.0 Å². The summed E-state index contributed by atoms with van der Waals surface area (Å²) in [5, 5.41) is 3.02. The Hall–Kier alpha value is -2.66. The molecule has 2 heterocycles. The molecular weight excluding hydrogens is 376 g/mol. The molecule has 0 spiro atoms.